The van der Waals surface area contributed by atoms with Crippen LogP contribution in [-0.4, -0.2) is 35.1 Å². The van der Waals surface area contributed by atoms with Gasteiger partial charge in [0.15, 0.2) is 5.69 Å². The maximum atomic E-state index is 11.3. The van der Waals surface area contributed by atoms with Gasteiger partial charge in [-0.3, -0.25) is 4.79 Å². The fraction of sp³-hybridized carbons (Fsp3) is 0.417. The molecule has 1 heterocycles. The summed E-state index contributed by atoms with van der Waals surface area (Å²) in [6, 6.07) is 3.02. The van der Waals surface area contributed by atoms with Crippen molar-refractivity contribution < 1.29 is 14.7 Å². The normalized spacial score (nSPS) is 10.0. The average Bonchev–Trinajstić information content (AvgIpc) is 2.38. The standard InChI is InChI=1S/C12H16ClN3O3/c1-2-6-15-10(17)5-7-14-9-4-3-8(13)11(16-9)12(18)19/h3-4H,2,5-7H2,1H3,(H,14,16)(H,15,17)(H,18,19). The smallest absolute Gasteiger partial charge is 0.356 e. The fourth-order valence-electron chi connectivity index (χ4n) is 1.35. The van der Waals surface area contributed by atoms with Gasteiger partial charge in [0.05, 0.1) is 5.02 Å². The summed E-state index contributed by atoms with van der Waals surface area (Å²) in [5, 5.41) is 14.6. The molecule has 0 bridgehead atoms. The van der Waals surface area contributed by atoms with Gasteiger partial charge < -0.3 is 15.7 Å². The van der Waals surface area contributed by atoms with Gasteiger partial charge in [0.1, 0.15) is 5.82 Å². The fourth-order valence-corrected chi connectivity index (χ4v) is 1.53. The molecule has 19 heavy (non-hydrogen) atoms. The van der Waals surface area contributed by atoms with Crippen LogP contribution in [0.4, 0.5) is 5.82 Å². The third-order valence-corrected chi connectivity index (χ3v) is 2.58. The summed E-state index contributed by atoms with van der Waals surface area (Å²) >= 11 is 5.70. The summed E-state index contributed by atoms with van der Waals surface area (Å²) in [6.07, 6.45) is 1.19. The number of hydrogen-bond donors (Lipinski definition) is 3. The van der Waals surface area contributed by atoms with Crippen LogP contribution in [0.2, 0.25) is 5.02 Å². The molecule has 1 rings (SSSR count). The van der Waals surface area contributed by atoms with Gasteiger partial charge in [-0.15, -0.1) is 0 Å². The first kappa shape index (κ1) is 15.2. The quantitative estimate of drug-likeness (QED) is 0.710. The lowest BCUT2D eigenvalue weighted by Gasteiger charge is -2.07. The number of hydrogen-bond acceptors (Lipinski definition) is 4. The van der Waals surface area contributed by atoms with Gasteiger partial charge in [-0.25, -0.2) is 9.78 Å². The molecule has 0 atom stereocenters. The van der Waals surface area contributed by atoms with E-state index < -0.39 is 5.97 Å². The molecule has 6 nitrogen and oxygen atoms in total. The molecule has 0 unspecified atom stereocenters. The first-order valence-corrected chi connectivity index (χ1v) is 6.32. The Kier molecular flexibility index (Phi) is 6.08. The van der Waals surface area contributed by atoms with E-state index >= 15 is 0 Å². The molecule has 0 saturated carbocycles. The summed E-state index contributed by atoms with van der Waals surface area (Å²) < 4.78 is 0. The van der Waals surface area contributed by atoms with Gasteiger partial charge in [0.25, 0.3) is 0 Å². The second kappa shape index (κ2) is 7.58. The zero-order valence-electron chi connectivity index (χ0n) is 10.6. The average molecular weight is 286 g/mol. The Morgan fingerprint density at radius 3 is 2.74 bits per heavy atom. The topological polar surface area (TPSA) is 91.3 Å². The van der Waals surface area contributed by atoms with Crippen LogP contribution >= 0.6 is 11.6 Å². The molecule has 0 aliphatic rings. The van der Waals surface area contributed by atoms with Crippen LogP contribution in [0.5, 0.6) is 0 Å². The lowest BCUT2D eigenvalue weighted by molar-refractivity contribution is -0.120. The highest BCUT2D eigenvalue weighted by Crippen LogP contribution is 2.16. The van der Waals surface area contributed by atoms with Gasteiger partial charge in [0, 0.05) is 19.5 Å². The van der Waals surface area contributed by atoms with Gasteiger partial charge in [-0.05, 0) is 18.6 Å². The molecule has 0 aromatic carbocycles. The number of carbonyl (C=O) groups excluding carboxylic acids is 1. The van der Waals surface area contributed by atoms with Crippen LogP contribution in [-0.2, 0) is 4.79 Å². The van der Waals surface area contributed by atoms with E-state index in [1.165, 1.54) is 6.07 Å². The largest absolute Gasteiger partial charge is 0.476 e. The maximum Gasteiger partial charge on any atom is 0.356 e. The third kappa shape index (κ3) is 5.13. The number of rotatable bonds is 7. The van der Waals surface area contributed by atoms with Crippen molar-refractivity contribution in [1.82, 2.24) is 10.3 Å². The van der Waals surface area contributed by atoms with Crippen LogP contribution in [0.25, 0.3) is 0 Å². The van der Waals surface area contributed by atoms with Crippen molar-refractivity contribution in [3.8, 4) is 0 Å². The Labute approximate surface area is 116 Å². The predicted molar refractivity (Wildman–Crippen MR) is 72.6 cm³/mol. The number of pyridine rings is 1. The number of aromatic nitrogens is 1. The second-order valence-electron chi connectivity index (χ2n) is 3.86. The molecular formula is C12H16ClN3O3. The van der Waals surface area contributed by atoms with E-state index in [0.717, 1.165) is 6.42 Å². The van der Waals surface area contributed by atoms with Crippen LogP contribution in [0.15, 0.2) is 12.1 Å². The van der Waals surface area contributed by atoms with E-state index in [1.54, 1.807) is 6.07 Å². The van der Waals surface area contributed by atoms with E-state index in [1.807, 2.05) is 6.92 Å². The molecule has 0 radical (unpaired) electrons. The van der Waals surface area contributed by atoms with Crippen molar-refractivity contribution in [3.05, 3.63) is 22.8 Å². The van der Waals surface area contributed by atoms with Crippen LogP contribution < -0.4 is 10.6 Å². The minimum Gasteiger partial charge on any atom is -0.476 e. The van der Waals surface area contributed by atoms with E-state index in [9.17, 15) is 9.59 Å². The van der Waals surface area contributed by atoms with Gasteiger partial charge in [-0.2, -0.15) is 0 Å². The van der Waals surface area contributed by atoms with Crippen molar-refractivity contribution in [2.45, 2.75) is 19.8 Å². The number of carbonyl (C=O) groups is 2. The molecule has 104 valence electrons. The Bertz CT molecular complexity index is 466. The van der Waals surface area contributed by atoms with E-state index in [4.69, 9.17) is 16.7 Å². The number of carboxylic acid groups (broad SMARTS) is 1. The molecule has 1 amide bonds. The molecule has 3 N–H and O–H groups in total. The van der Waals surface area contributed by atoms with E-state index in [0.29, 0.717) is 25.3 Å². The van der Waals surface area contributed by atoms with Crippen molar-refractivity contribution in [2.24, 2.45) is 0 Å². The minimum absolute atomic E-state index is 0.0539. The Balaban J connectivity index is 2.48. The van der Waals surface area contributed by atoms with E-state index in [-0.39, 0.29) is 16.6 Å². The summed E-state index contributed by atoms with van der Waals surface area (Å²) in [5.74, 6) is -0.860. The second-order valence-corrected chi connectivity index (χ2v) is 4.27. The number of amides is 1. The summed E-state index contributed by atoms with van der Waals surface area (Å²) in [6.45, 7) is 3.01. The molecule has 7 heteroatoms. The maximum absolute atomic E-state index is 11.3. The first-order chi connectivity index (χ1) is 9.04. The van der Waals surface area contributed by atoms with Crippen LogP contribution in [0.3, 0.4) is 0 Å². The number of carboxylic acids is 1. The van der Waals surface area contributed by atoms with Gasteiger partial charge in [0.2, 0.25) is 5.91 Å². The summed E-state index contributed by atoms with van der Waals surface area (Å²) in [5.41, 5.74) is -0.206. The van der Waals surface area contributed by atoms with Crippen molar-refractivity contribution >= 4 is 29.3 Å². The molecule has 0 aliphatic carbocycles. The SMILES string of the molecule is CCCNC(=O)CCNc1ccc(Cl)c(C(=O)O)n1. The molecule has 0 spiro atoms. The van der Waals surface area contributed by atoms with E-state index in [2.05, 4.69) is 15.6 Å². The number of anilines is 1. The van der Waals surface area contributed by atoms with Gasteiger partial charge >= 0.3 is 5.97 Å². The highest BCUT2D eigenvalue weighted by molar-refractivity contribution is 6.33. The monoisotopic (exact) mass is 285 g/mol. The number of nitrogens with zero attached hydrogens (tertiary/aromatic N) is 1. The highest BCUT2D eigenvalue weighted by Gasteiger charge is 2.11. The summed E-state index contributed by atoms with van der Waals surface area (Å²) in [7, 11) is 0. The Morgan fingerprint density at radius 1 is 1.37 bits per heavy atom. The predicted octanol–water partition coefficient (Wildman–Crippen LogP) is 1.76. The molecular weight excluding hydrogens is 270 g/mol. The zero-order chi connectivity index (χ0) is 14.3. The first-order valence-electron chi connectivity index (χ1n) is 5.95. The minimum atomic E-state index is -1.19. The highest BCUT2D eigenvalue weighted by atomic mass is 35.5. The zero-order valence-corrected chi connectivity index (χ0v) is 11.3. The number of nitrogens with one attached hydrogen (secondary N) is 2. The lowest BCUT2D eigenvalue weighted by atomic mass is 10.3. The molecule has 1 aromatic rings. The Morgan fingerprint density at radius 2 is 2.11 bits per heavy atom. The van der Waals surface area contributed by atoms with Crippen molar-refractivity contribution in [2.75, 3.05) is 18.4 Å². The van der Waals surface area contributed by atoms with Gasteiger partial charge in [-0.1, -0.05) is 18.5 Å². The number of aromatic carboxylic acids is 1. The number of halogens is 1. The molecule has 0 aliphatic heterocycles. The van der Waals surface area contributed by atoms with Crippen molar-refractivity contribution in [1.29, 1.82) is 0 Å². The van der Waals surface area contributed by atoms with Crippen LogP contribution in [0, 0.1) is 0 Å². The summed E-state index contributed by atoms with van der Waals surface area (Å²) in [4.78, 5) is 26.0. The third-order valence-electron chi connectivity index (χ3n) is 2.28. The van der Waals surface area contributed by atoms with Crippen molar-refractivity contribution in [3.63, 3.8) is 0 Å². The van der Waals surface area contributed by atoms with Crippen LogP contribution in [0.1, 0.15) is 30.3 Å². The molecule has 0 saturated heterocycles. The molecule has 1 aromatic heterocycles. The Hall–Kier alpha value is -1.82. The molecule has 0 fully saturated rings. The lowest BCUT2D eigenvalue weighted by Crippen LogP contribution is -2.26.